The van der Waals surface area contributed by atoms with Crippen molar-refractivity contribution in [3.05, 3.63) is 411 Å². The zero-order valence-electron chi connectivity index (χ0n) is 58.7. The van der Waals surface area contributed by atoms with E-state index in [0.717, 1.165) is 0 Å². The van der Waals surface area contributed by atoms with Gasteiger partial charge < -0.3 is 18.3 Å². The highest BCUT2D eigenvalue weighted by atomic mass is 15.0. The number of aromatic nitrogens is 4. The van der Waals surface area contributed by atoms with E-state index in [0.29, 0.717) is 0 Å². The van der Waals surface area contributed by atoms with E-state index >= 15 is 0 Å². The van der Waals surface area contributed by atoms with E-state index < -0.39 is 0 Å². The average molecular weight is 1330 g/mol. The van der Waals surface area contributed by atoms with Crippen LogP contribution in [0.4, 0.5) is 0 Å². The summed E-state index contributed by atoms with van der Waals surface area (Å²) in [6.07, 6.45) is 0. The van der Waals surface area contributed by atoms with Crippen LogP contribution in [0.1, 0.15) is 22.3 Å². The minimum absolute atomic E-state index is 1.20. The van der Waals surface area contributed by atoms with Crippen LogP contribution in [0.15, 0.2) is 388 Å². The third-order valence-electron chi connectivity index (χ3n) is 20.4. The lowest BCUT2D eigenvalue weighted by Gasteiger charge is -2.10. The van der Waals surface area contributed by atoms with E-state index in [1.807, 2.05) is 0 Å². The highest BCUT2D eigenvalue weighted by molar-refractivity contribution is 6.14. The molecule has 0 aliphatic heterocycles. The van der Waals surface area contributed by atoms with Crippen LogP contribution in [0.3, 0.4) is 0 Å². The topological polar surface area (TPSA) is 19.7 Å². The molecule has 0 saturated carbocycles. The molecule has 4 aromatic heterocycles. The Morgan fingerprint density at radius 1 is 0.154 bits per heavy atom. The maximum atomic E-state index is 2.37. The predicted octanol–water partition coefficient (Wildman–Crippen LogP) is 27.0. The molecule has 0 aliphatic rings. The van der Waals surface area contributed by atoms with Gasteiger partial charge in [-0.2, -0.15) is 0 Å². The van der Waals surface area contributed by atoms with E-state index in [4.69, 9.17) is 0 Å². The molecule has 20 aromatic rings. The summed E-state index contributed by atoms with van der Waals surface area (Å²) in [5.41, 5.74) is 30.1. The van der Waals surface area contributed by atoms with Gasteiger partial charge in [-0.3, -0.25) is 0 Å². The van der Waals surface area contributed by atoms with Gasteiger partial charge in [0.25, 0.3) is 0 Å². The Balaban J connectivity index is 0.000000103. The molecule has 496 valence electrons. The lowest BCUT2D eigenvalue weighted by Crippen LogP contribution is -1.93. The van der Waals surface area contributed by atoms with E-state index in [1.54, 1.807) is 0 Å². The number of hydrogen-bond donors (Lipinski definition) is 0. The number of para-hydroxylation sites is 8. The van der Waals surface area contributed by atoms with Gasteiger partial charge >= 0.3 is 0 Å². The van der Waals surface area contributed by atoms with Crippen LogP contribution in [0.2, 0.25) is 0 Å². The molecule has 20 rings (SSSR count). The molecule has 4 heterocycles. The monoisotopic (exact) mass is 1330 g/mol. The summed E-state index contributed by atoms with van der Waals surface area (Å²) in [6.45, 7) is 8.61. The van der Waals surface area contributed by atoms with Gasteiger partial charge in [-0.1, -0.05) is 284 Å². The molecule has 0 N–H and O–H groups in total. The lowest BCUT2D eigenvalue weighted by atomic mass is 9.99. The van der Waals surface area contributed by atoms with Crippen molar-refractivity contribution in [3.8, 4) is 67.3 Å². The first kappa shape index (κ1) is 64.1. The highest BCUT2D eigenvalue weighted by Gasteiger charge is 2.18. The minimum Gasteiger partial charge on any atom is -0.309 e. The number of fused-ring (bicyclic) bond motifs is 12. The van der Waals surface area contributed by atoms with Gasteiger partial charge in [-0.25, -0.2) is 0 Å². The van der Waals surface area contributed by atoms with Gasteiger partial charge in [0.15, 0.2) is 0 Å². The van der Waals surface area contributed by atoms with E-state index in [1.165, 1.54) is 177 Å². The Bertz CT molecular complexity index is 6480. The molecule has 0 spiro atoms. The molecule has 104 heavy (non-hydrogen) atoms. The maximum Gasteiger partial charge on any atom is 0.0547 e. The Hall–Kier alpha value is -13.3. The average Bonchev–Trinajstić information content (AvgIpc) is 1.61. The van der Waals surface area contributed by atoms with Gasteiger partial charge in [0, 0.05) is 65.8 Å². The molecule has 0 aliphatic carbocycles. The third-order valence-corrected chi connectivity index (χ3v) is 20.4. The standard InChI is InChI=1S/4C25H19N/c1-18-8-7-9-19(16-18)20-14-15-25-23(17-20)22-12-5-6-13-24(22)26(25)21-10-3-2-4-11-21;1-18-9-5-6-12-21(18)19-15-16-25-23(17-19)22-13-7-8-14-24(22)26(25)20-10-3-2-4-11-20;1-18-9-5-6-12-21(18)19-15-16-23-22-13-7-8-14-24(22)26(25(23)17-19)20-10-3-2-4-11-20;1-18-11-13-19(14-12-18)20-15-16-25-23(17-20)22-9-5-6-10-24(22)26(25)21-7-3-2-4-8-21/h4*2-17H,1H3. The molecule has 0 fully saturated rings. The van der Waals surface area contributed by atoms with Crippen LogP contribution >= 0.6 is 0 Å². The zero-order chi connectivity index (χ0) is 70.0. The summed E-state index contributed by atoms with van der Waals surface area (Å²) < 4.78 is 9.42. The fourth-order valence-corrected chi connectivity index (χ4v) is 15.4. The van der Waals surface area contributed by atoms with Gasteiger partial charge in [0.05, 0.1) is 44.1 Å². The van der Waals surface area contributed by atoms with Gasteiger partial charge in [0.2, 0.25) is 0 Å². The van der Waals surface area contributed by atoms with Crippen molar-refractivity contribution in [1.29, 1.82) is 0 Å². The highest BCUT2D eigenvalue weighted by Crippen LogP contribution is 2.40. The van der Waals surface area contributed by atoms with Crippen LogP contribution in [0, 0.1) is 27.7 Å². The summed E-state index contributed by atoms with van der Waals surface area (Å²) in [5, 5.41) is 10.4. The SMILES string of the molecule is Cc1ccc(-c2ccc3c(c2)c2ccccc2n3-c2ccccc2)cc1.Cc1cccc(-c2ccc3c(c2)c2ccccc2n3-c2ccccc2)c1.Cc1ccccc1-c1ccc2c(c1)c1ccccc1n2-c1ccccc1.Cc1ccccc1-c1ccc2c3ccccc3n(-c3ccccc3)c2c1. The molecular weight excluding hydrogens is 1260 g/mol. The number of rotatable bonds is 8. The van der Waals surface area contributed by atoms with Crippen LogP contribution in [-0.2, 0) is 0 Å². The Morgan fingerprint density at radius 2 is 0.442 bits per heavy atom. The molecular formula is C100H76N4. The fourth-order valence-electron chi connectivity index (χ4n) is 15.4. The Morgan fingerprint density at radius 3 is 0.856 bits per heavy atom. The van der Waals surface area contributed by atoms with E-state index in [9.17, 15) is 0 Å². The second-order valence-electron chi connectivity index (χ2n) is 27.0. The molecule has 4 heteroatoms. The minimum atomic E-state index is 1.20. The summed E-state index contributed by atoms with van der Waals surface area (Å²) in [5.74, 6) is 0. The first-order valence-electron chi connectivity index (χ1n) is 35.9. The van der Waals surface area contributed by atoms with Crippen molar-refractivity contribution in [1.82, 2.24) is 18.3 Å². The third kappa shape index (κ3) is 12.2. The second kappa shape index (κ2) is 28.0. The van der Waals surface area contributed by atoms with Crippen LogP contribution in [0.5, 0.6) is 0 Å². The normalized spacial score (nSPS) is 11.3. The number of benzene rings is 16. The zero-order valence-corrected chi connectivity index (χ0v) is 58.7. The molecule has 0 saturated heterocycles. The molecule has 0 amide bonds. The van der Waals surface area contributed by atoms with Crippen molar-refractivity contribution < 1.29 is 0 Å². The summed E-state index contributed by atoms with van der Waals surface area (Å²) >= 11 is 0. The first-order chi connectivity index (χ1) is 51.3. The molecule has 4 nitrogen and oxygen atoms in total. The number of hydrogen-bond acceptors (Lipinski definition) is 0. The number of nitrogens with zero attached hydrogens (tertiary/aromatic N) is 4. The summed E-state index contributed by atoms with van der Waals surface area (Å²) in [6, 6.07) is 139. The predicted molar refractivity (Wildman–Crippen MR) is 444 cm³/mol. The smallest absolute Gasteiger partial charge is 0.0547 e. The van der Waals surface area contributed by atoms with Crippen LogP contribution in [-0.4, -0.2) is 18.3 Å². The Labute approximate surface area is 607 Å². The lowest BCUT2D eigenvalue weighted by molar-refractivity contribution is 1.18. The van der Waals surface area contributed by atoms with Crippen molar-refractivity contribution in [2.24, 2.45) is 0 Å². The summed E-state index contributed by atoms with van der Waals surface area (Å²) in [7, 11) is 0. The molecule has 0 bridgehead atoms. The quantitative estimate of drug-likeness (QED) is 0.144. The van der Waals surface area contributed by atoms with Crippen molar-refractivity contribution in [2.45, 2.75) is 27.7 Å². The Kier molecular flexibility index (Phi) is 17.3. The van der Waals surface area contributed by atoms with Gasteiger partial charge in [-0.15, -0.1) is 0 Å². The molecule has 0 unspecified atom stereocenters. The van der Waals surface area contributed by atoms with Crippen molar-refractivity contribution >= 4 is 87.2 Å². The summed E-state index contributed by atoms with van der Waals surface area (Å²) in [4.78, 5) is 0. The molecule has 16 aromatic carbocycles. The van der Waals surface area contributed by atoms with Crippen molar-refractivity contribution in [3.63, 3.8) is 0 Å². The largest absolute Gasteiger partial charge is 0.309 e. The molecule has 0 atom stereocenters. The maximum absolute atomic E-state index is 2.37. The van der Waals surface area contributed by atoms with Crippen molar-refractivity contribution in [2.75, 3.05) is 0 Å². The van der Waals surface area contributed by atoms with Gasteiger partial charge in [-0.05, 0) is 199 Å². The second-order valence-corrected chi connectivity index (χ2v) is 27.0. The van der Waals surface area contributed by atoms with E-state index in [-0.39, 0.29) is 0 Å². The fraction of sp³-hybridized carbons (Fsp3) is 0.0400. The first-order valence-corrected chi connectivity index (χ1v) is 35.9. The molecule has 0 radical (unpaired) electrons. The van der Waals surface area contributed by atoms with Crippen LogP contribution in [0.25, 0.3) is 154 Å². The van der Waals surface area contributed by atoms with E-state index in [2.05, 4.69) is 434 Å². The van der Waals surface area contributed by atoms with Gasteiger partial charge in [0.1, 0.15) is 0 Å². The van der Waals surface area contributed by atoms with Crippen LogP contribution < -0.4 is 0 Å². The number of aryl methyl sites for hydroxylation is 4.